The zero-order valence-corrected chi connectivity index (χ0v) is 8.73. The molecule has 0 saturated heterocycles. The predicted molar refractivity (Wildman–Crippen MR) is 54.9 cm³/mol. The van der Waals surface area contributed by atoms with Crippen LogP contribution in [-0.2, 0) is 0 Å². The normalized spacial score (nSPS) is 13.4. The summed E-state index contributed by atoms with van der Waals surface area (Å²) in [4.78, 5) is 4.09. The fourth-order valence-corrected chi connectivity index (χ4v) is 2.23. The van der Waals surface area contributed by atoms with Gasteiger partial charge in [0.25, 0.3) is 0 Å². The van der Waals surface area contributed by atoms with Gasteiger partial charge in [0, 0.05) is 5.56 Å². The Labute approximate surface area is 85.0 Å². The van der Waals surface area contributed by atoms with Gasteiger partial charge in [0.1, 0.15) is 5.52 Å². The van der Waals surface area contributed by atoms with Crippen LogP contribution in [-0.4, -0.2) is 10.1 Å². The van der Waals surface area contributed by atoms with Crippen LogP contribution in [0, 0.1) is 12.7 Å². The van der Waals surface area contributed by atoms with Gasteiger partial charge in [0.15, 0.2) is 5.82 Å². The number of aromatic nitrogens is 1. The van der Waals surface area contributed by atoms with Crippen molar-refractivity contribution >= 4 is 21.6 Å². The van der Waals surface area contributed by atoms with E-state index in [1.54, 1.807) is 19.1 Å². The molecular formula is C10H10FNOS. The number of halogens is 1. The highest BCUT2D eigenvalue weighted by atomic mass is 32.1. The van der Waals surface area contributed by atoms with Gasteiger partial charge in [0.05, 0.1) is 15.8 Å². The highest BCUT2D eigenvalue weighted by Gasteiger charge is 2.13. The Morgan fingerprint density at radius 3 is 2.86 bits per heavy atom. The van der Waals surface area contributed by atoms with E-state index >= 15 is 0 Å². The van der Waals surface area contributed by atoms with Gasteiger partial charge in [-0.3, -0.25) is 0 Å². The van der Waals surface area contributed by atoms with E-state index in [0.29, 0.717) is 11.1 Å². The Morgan fingerprint density at radius 2 is 2.21 bits per heavy atom. The summed E-state index contributed by atoms with van der Waals surface area (Å²) in [5.74, 6) is -0.401. The van der Waals surface area contributed by atoms with Crippen molar-refractivity contribution in [2.45, 2.75) is 20.0 Å². The lowest BCUT2D eigenvalue weighted by Gasteiger charge is -2.05. The van der Waals surface area contributed by atoms with Gasteiger partial charge in [-0.05, 0) is 19.9 Å². The first-order valence-electron chi connectivity index (χ1n) is 4.33. The van der Waals surface area contributed by atoms with E-state index in [-0.39, 0.29) is 0 Å². The second kappa shape index (κ2) is 3.29. The number of hydrogen-bond donors (Lipinski definition) is 1. The van der Waals surface area contributed by atoms with Crippen LogP contribution in [0.15, 0.2) is 12.1 Å². The van der Waals surface area contributed by atoms with Gasteiger partial charge >= 0.3 is 0 Å². The van der Waals surface area contributed by atoms with Crippen molar-refractivity contribution in [3.05, 3.63) is 28.5 Å². The molecule has 0 bridgehead atoms. The number of fused-ring (bicyclic) bond motifs is 1. The first-order valence-corrected chi connectivity index (χ1v) is 5.15. The molecule has 0 spiro atoms. The van der Waals surface area contributed by atoms with E-state index in [9.17, 15) is 9.50 Å². The number of hydrogen-bond acceptors (Lipinski definition) is 3. The lowest BCUT2D eigenvalue weighted by molar-refractivity contribution is 0.194. The molecule has 1 atom stereocenters. The largest absolute Gasteiger partial charge is 0.389 e. The van der Waals surface area contributed by atoms with Crippen LogP contribution in [0.1, 0.15) is 23.6 Å². The molecular weight excluding hydrogens is 201 g/mol. The van der Waals surface area contributed by atoms with E-state index in [1.807, 2.05) is 6.92 Å². The van der Waals surface area contributed by atoms with Crippen LogP contribution >= 0.6 is 11.3 Å². The minimum absolute atomic E-state index is 0.308. The zero-order chi connectivity index (χ0) is 10.3. The van der Waals surface area contributed by atoms with Crippen LogP contribution < -0.4 is 0 Å². The number of thiazole rings is 1. The molecule has 14 heavy (non-hydrogen) atoms. The van der Waals surface area contributed by atoms with Gasteiger partial charge < -0.3 is 5.11 Å². The summed E-state index contributed by atoms with van der Waals surface area (Å²) in [6.45, 7) is 3.38. The van der Waals surface area contributed by atoms with E-state index in [2.05, 4.69) is 4.98 Å². The molecule has 2 aromatic rings. The first-order chi connectivity index (χ1) is 6.59. The molecule has 0 aliphatic heterocycles. The molecule has 1 unspecified atom stereocenters. The van der Waals surface area contributed by atoms with Crippen molar-refractivity contribution in [3.8, 4) is 0 Å². The van der Waals surface area contributed by atoms with Gasteiger partial charge in [-0.25, -0.2) is 9.37 Å². The summed E-state index contributed by atoms with van der Waals surface area (Å²) in [6, 6.07) is 3.41. The number of rotatable bonds is 1. The van der Waals surface area contributed by atoms with Crippen LogP contribution in [0.2, 0.25) is 0 Å². The van der Waals surface area contributed by atoms with E-state index < -0.39 is 11.9 Å². The Morgan fingerprint density at radius 1 is 1.50 bits per heavy atom. The fraction of sp³-hybridized carbons (Fsp3) is 0.300. The van der Waals surface area contributed by atoms with Gasteiger partial charge in [-0.15, -0.1) is 11.3 Å². The molecule has 1 N–H and O–H groups in total. The summed E-state index contributed by atoms with van der Waals surface area (Å²) in [5, 5.41) is 10.1. The molecule has 2 nitrogen and oxygen atoms in total. The Hall–Kier alpha value is -1.00. The lowest BCUT2D eigenvalue weighted by atomic mass is 10.1. The molecule has 0 aliphatic carbocycles. The summed E-state index contributed by atoms with van der Waals surface area (Å²) in [6.07, 6.45) is -0.790. The standard InChI is InChI=1S/C10H10FNOS/c1-5(13)7-3-4-8-10(9(7)11)12-6(2)14-8/h3-5,13H,1-2H3. The van der Waals surface area contributed by atoms with Crippen molar-refractivity contribution < 1.29 is 9.50 Å². The van der Waals surface area contributed by atoms with Crippen LogP contribution in [0.25, 0.3) is 10.2 Å². The molecule has 4 heteroatoms. The molecule has 1 aromatic heterocycles. The minimum Gasteiger partial charge on any atom is -0.389 e. The Kier molecular flexibility index (Phi) is 2.25. The van der Waals surface area contributed by atoms with Crippen molar-refractivity contribution in [2.75, 3.05) is 0 Å². The molecule has 0 saturated carbocycles. The third-order valence-electron chi connectivity index (χ3n) is 2.09. The first kappa shape index (κ1) is 9.55. The second-order valence-electron chi connectivity index (χ2n) is 3.22. The lowest BCUT2D eigenvalue weighted by Crippen LogP contribution is -1.95. The summed E-state index contributed by atoms with van der Waals surface area (Å²) >= 11 is 1.45. The maximum Gasteiger partial charge on any atom is 0.156 e. The van der Waals surface area contributed by atoms with Crippen LogP contribution in [0.5, 0.6) is 0 Å². The average molecular weight is 211 g/mol. The van der Waals surface area contributed by atoms with Gasteiger partial charge in [-0.1, -0.05) is 6.07 Å². The Bertz CT molecular complexity index is 478. The molecule has 2 rings (SSSR count). The van der Waals surface area contributed by atoms with Crippen molar-refractivity contribution in [1.82, 2.24) is 4.98 Å². The highest BCUT2D eigenvalue weighted by molar-refractivity contribution is 7.18. The van der Waals surface area contributed by atoms with Crippen molar-refractivity contribution in [3.63, 3.8) is 0 Å². The predicted octanol–water partition coefficient (Wildman–Crippen LogP) is 2.80. The topological polar surface area (TPSA) is 33.1 Å². The number of nitrogens with zero attached hydrogens (tertiary/aromatic N) is 1. The number of aliphatic hydroxyl groups excluding tert-OH is 1. The van der Waals surface area contributed by atoms with Crippen molar-refractivity contribution in [1.29, 1.82) is 0 Å². The van der Waals surface area contributed by atoms with Crippen LogP contribution in [0.4, 0.5) is 4.39 Å². The quantitative estimate of drug-likeness (QED) is 0.786. The maximum atomic E-state index is 13.7. The SMILES string of the molecule is Cc1nc2c(F)c(C(C)O)ccc2s1. The monoisotopic (exact) mass is 211 g/mol. The minimum atomic E-state index is -0.790. The average Bonchev–Trinajstić information content (AvgIpc) is 2.46. The Balaban J connectivity index is 2.74. The molecule has 1 aromatic carbocycles. The number of aliphatic hydroxyl groups is 1. The molecule has 0 amide bonds. The molecule has 0 fully saturated rings. The smallest absolute Gasteiger partial charge is 0.156 e. The molecule has 74 valence electrons. The van der Waals surface area contributed by atoms with E-state index in [0.717, 1.165) is 9.71 Å². The molecule has 0 radical (unpaired) electrons. The maximum absolute atomic E-state index is 13.7. The fourth-order valence-electron chi connectivity index (χ4n) is 1.41. The highest BCUT2D eigenvalue weighted by Crippen LogP contribution is 2.28. The zero-order valence-electron chi connectivity index (χ0n) is 7.91. The summed E-state index contributed by atoms with van der Waals surface area (Å²) in [5.41, 5.74) is 0.675. The second-order valence-corrected chi connectivity index (χ2v) is 4.46. The molecule has 0 aliphatic rings. The molecule has 1 heterocycles. The van der Waals surface area contributed by atoms with E-state index in [4.69, 9.17) is 0 Å². The van der Waals surface area contributed by atoms with E-state index in [1.165, 1.54) is 11.3 Å². The van der Waals surface area contributed by atoms with Gasteiger partial charge in [0.2, 0.25) is 0 Å². The number of aryl methyl sites for hydroxylation is 1. The van der Waals surface area contributed by atoms with Gasteiger partial charge in [-0.2, -0.15) is 0 Å². The summed E-state index contributed by atoms with van der Waals surface area (Å²) < 4.78 is 14.5. The third kappa shape index (κ3) is 1.40. The number of benzene rings is 1. The van der Waals surface area contributed by atoms with Crippen molar-refractivity contribution in [2.24, 2.45) is 0 Å². The third-order valence-corrected chi connectivity index (χ3v) is 3.02. The van der Waals surface area contributed by atoms with Crippen LogP contribution in [0.3, 0.4) is 0 Å². The summed E-state index contributed by atoms with van der Waals surface area (Å²) in [7, 11) is 0.